The molecule has 1 rings (SSSR count). The molecule has 94 valence electrons. The van der Waals surface area contributed by atoms with Gasteiger partial charge in [-0.1, -0.05) is 5.16 Å². The Labute approximate surface area is 100 Å². The maximum absolute atomic E-state index is 9.00. The number of amidine groups is 1. The number of aliphatic hydroxyl groups excluding tert-OH is 1. The van der Waals surface area contributed by atoms with Crippen molar-refractivity contribution in [1.82, 2.24) is 4.98 Å². The van der Waals surface area contributed by atoms with Crippen molar-refractivity contribution in [3.8, 4) is 0 Å². The maximum atomic E-state index is 9.00. The van der Waals surface area contributed by atoms with Gasteiger partial charge < -0.3 is 20.9 Å². The Morgan fingerprint density at radius 2 is 2.29 bits per heavy atom. The highest BCUT2D eigenvalue weighted by Gasteiger charge is 2.16. The van der Waals surface area contributed by atoms with Gasteiger partial charge in [-0.15, -0.1) is 0 Å². The molecule has 0 unspecified atom stereocenters. The molecule has 0 spiro atoms. The quantitative estimate of drug-likeness (QED) is 0.297. The number of pyridine rings is 1. The molecule has 17 heavy (non-hydrogen) atoms. The van der Waals surface area contributed by atoms with Crippen LogP contribution in [0.25, 0.3) is 0 Å². The van der Waals surface area contributed by atoms with Crippen molar-refractivity contribution in [2.24, 2.45) is 10.9 Å². The van der Waals surface area contributed by atoms with Gasteiger partial charge in [0.1, 0.15) is 5.82 Å². The van der Waals surface area contributed by atoms with Gasteiger partial charge in [0.25, 0.3) is 0 Å². The van der Waals surface area contributed by atoms with Gasteiger partial charge in [-0.2, -0.15) is 0 Å². The third kappa shape index (κ3) is 2.85. The van der Waals surface area contributed by atoms with Crippen molar-refractivity contribution in [3.63, 3.8) is 0 Å². The SMILES string of the molecule is CCN(CCO)c1nccc(C)c1/C(N)=N/O. The summed E-state index contributed by atoms with van der Waals surface area (Å²) >= 11 is 0. The second-order valence-corrected chi connectivity index (χ2v) is 3.61. The molecule has 0 saturated heterocycles. The summed E-state index contributed by atoms with van der Waals surface area (Å²) < 4.78 is 0. The summed E-state index contributed by atoms with van der Waals surface area (Å²) in [7, 11) is 0. The van der Waals surface area contributed by atoms with Gasteiger partial charge >= 0.3 is 0 Å². The lowest BCUT2D eigenvalue weighted by molar-refractivity contribution is 0.302. The fourth-order valence-electron chi connectivity index (χ4n) is 1.68. The van der Waals surface area contributed by atoms with Gasteiger partial charge in [0.05, 0.1) is 12.2 Å². The van der Waals surface area contributed by atoms with Gasteiger partial charge in [-0.05, 0) is 25.5 Å². The van der Waals surface area contributed by atoms with E-state index in [1.807, 2.05) is 18.7 Å². The highest BCUT2D eigenvalue weighted by atomic mass is 16.4. The predicted octanol–water partition coefficient (Wildman–Crippen LogP) is 0.303. The van der Waals surface area contributed by atoms with Crippen LogP contribution in [0.15, 0.2) is 17.4 Å². The fraction of sp³-hybridized carbons (Fsp3) is 0.455. The zero-order valence-corrected chi connectivity index (χ0v) is 10.1. The summed E-state index contributed by atoms with van der Waals surface area (Å²) in [6, 6.07) is 1.80. The van der Waals surface area contributed by atoms with Crippen LogP contribution < -0.4 is 10.6 Å². The lowest BCUT2D eigenvalue weighted by atomic mass is 10.1. The van der Waals surface area contributed by atoms with Crippen molar-refractivity contribution in [2.45, 2.75) is 13.8 Å². The molecular formula is C11H18N4O2. The molecule has 0 aliphatic rings. The normalized spacial score (nSPS) is 11.6. The maximum Gasteiger partial charge on any atom is 0.174 e. The summed E-state index contributed by atoms with van der Waals surface area (Å²) in [5.74, 6) is 0.652. The van der Waals surface area contributed by atoms with Crippen LogP contribution in [0.1, 0.15) is 18.1 Å². The molecule has 0 aliphatic heterocycles. The molecule has 0 bridgehead atoms. The third-order valence-electron chi connectivity index (χ3n) is 2.55. The Kier molecular flexibility index (Phi) is 4.71. The smallest absolute Gasteiger partial charge is 0.174 e. The highest BCUT2D eigenvalue weighted by molar-refractivity contribution is 6.02. The number of rotatable bonds is 5. The van der Waals surface area contributed by atoms with Gasteiger partial charge in [-0.25, -0.2) is 4.98 Å². The number of aromatic nitrogens is 1. The molecule has 1 aromatic rings. The van der Waals surface area contributed by atoms with Gasteiger partial charge in [0, 0.05) is 19.3 Å². The Bertz CT molecular complexity index is 406. The first-order valence-electron chi connectivity index (χ1n) is 5.45. The molecule has 0 aromatic carbocycles. The minimum Gasteiger partial charge on any atom is -0.409 e. The minimum atomic E-state index is 0.0269. The molecule has 0 saturated carbocycles. The van der Waals surface area contributed by atoms with E-state index in [-0.39, 0.29) is 12.4 Å². The van der Waals surface area contributed by atoms with Gasteiger partial charge in [0.2, 0.25) is 0 Å². The van der Waals surface area contributed by atoms with Gasteiger partial charge in [-0.3, -0.25) is 0 Å². The van der Waals surface area contributed by atoms with E-state index < -0.39 is 0 Å². The minimum absolute atomic E-state index is 0.0269. The van der Waals surface area contributed by atoms with Crippen LogP contribution in [0.3, 0.4) is 0 Å². The van der Waals surface area contributed by atoms with Crippen LogP contribution in [0.2, 0.25) is 0 Å². The number of hydrogen-bond acceptors (Lipinski definition) is 5. The summed E-state index contributed by atoms with van der Waals surface area (Å²) in [5, 5.41) is 20.8. The molecule has 1 heterocycles. The molecule has 1 aromatic heterocycles. The Morgan fingerprint density at radius 1 is 1.59 bits per heavy atom. The van der Waals surface area contributed by atoms with Crippen molar-refractivity contribution >= 4 is 11.7 Å². The molecule has 0 atom stereocenters. The number of aliphatic hydroxyl groups is 1. The number of hydrogen-bond donors (Lipinski definition) is 3. The Morgan fingerprint density at radius 3 is 2.82 bits per heavy atom. The summed E-state index contributed by atoms with van der Waals surface area (Å²) in [5.41, 5.74) is 7.13. The summed E-state index contributed by atoms with van der Waals surface area (Å²) in [4.78, 5) is 6.12. The van der Waals surface area contributed by atoms with Crippen LogP contribution in [0, 0.1) is 6.92 Å². The van der Waals surface area contributed by atoms with Crippen molar-refractivity contribution < 1.29 is 10.3 Å². The number of nitrogens with zero attached hydrogens (tertiary/aromatic N) is 3. The monoisotopic (exact) mass is 238 g/mol. The first-order chi connectivity index (χ1) is 8.15. The molecule has 0 radical (unpaired) electrons. The molecule has 6 heteroatoms. The van der Waals surface area contributed by atoms with Crippen LogP contribution in [-0.2, 0) is 0 Å². The predicted molar refractivity (Wildman–Crippen MR) is 66.5 cm³/mol. The van der Waals surface area contributed by atoms with E-state index in [0.717, 1.165) is 5.56 Å². The first kappa shape index (κ1) is 13.2. The molecule has 0 amide bonds. The van der Waals surface area contributed by atoms with Crippen LogP contribution in [-0.4, -0.2) is 40.8 Å². The van der Waals surface area contributed by atoms with Crippen LogP contribution >= 0.6 is 0 Å². The fourth-order valence-corrected chi connectivity index (χ4v) is 1.68. The zero-order valence-electron chi connectivity index (χ0n) is 10.1. The molecule has 0 fully saturated rings. The van der Waals surface area contributed by atoms with Crippen molar-refractivity contribution in [1.29, 1.82) is 0 Å². The average molecular weight is 238 g/mol. The third-order valence-corrected chi connectivity index (χ3v) is 2.55. The lowest BCUT2D eigenvalue weighted by Crippen LogP contribution is -2.30. The number of aryl methyl sites for hydroxylation is 1. The van der Waals surface area contributed by atoms with E-state index in [1.165, 1.54) is 0 Å². The van der Waals surface area contributed by atoms with E-state index in [1.54, 1.807) is 12.3 Å². The second kappa shape index (κ2) is 6.05. The van der Waals surface area contributed by atoms with E-state index in [9.17, 15) is 0 Å². The highest BCUT2D eigenvalue weighted by Crippen LogP contribution is 2.20. The topological polar surface area (TPSA) is 95.0 Å². The second-order valence-electron chi connectivity index (χ2n) is 3.61. The van der Waals surface area contributed by atoms with E-state index in [2.05, 4.69) is 10.1 Å². The molecule has 0 aliphatic carbocycles. The molecule has 6 nitrogen and oxygen atoms in total. The first-order valence-corrected chi connectivity index (χ1v) is 5.45. The standard InChI is InChI=1S/C11H18N4O2/c1-3-15(6-7-16)11-9(10(12)14-17)8(2)4-5-13-11/h4-5,16-17H,3,6-7H2,1-2H3,(H2,12,14). The Balaban J connectivity index is 3.27. The van der Waals surface area contributed by atoms with E-state index >= 15 is 0 Å². The number of likely N-dealkylation sites (N-methyl/N-ethyl adjacent to an activating group) is 1. The lowest BCUT2D eigenvalue weighted by Gasteiger charge is -2.23. The Hall–Kier alpha value is -1.82. The van der Waals surface area contributed by atoms with Crippen molar-refractivity contribution in [3.05, 3.63) is 23.4 Å². The van der Waals surface area contributed by atoms with Gasteiger partial charge in [0.15, 0.2) is 5.84 Å². The largest absolute Gasteiger partial charge is 0.409 e. The van der Waals surface area contributed by atoms with Crippen LogP contribution in [0.4, 0.5) is 5.82 Å². The van der Waals surface area contributed by atoms with E-state index in [0.29, 0.717) is 24.5 Å². The number of nitrogens with two attached hydrogens (primary N) is 1. The summed E-state index contributed by atoms with van der Waals surface area (Å²) in [6.45, 7) is 4.99. The summed E-state index contributed by atoms with van der Waals surface area (Å²) in [6.07, 6.45) is 1.67. The van der Waals surface area contributed by atoms with E-state index in [4.69, 9.17) is 16.0 Å². The number of anilines is 1. The van der Waals surface area contributed by atoms with Crippen LogP contribution in [0.5, 0.6) is 0 Å². The molecular weight excluding hydrogens is 220 g/mol. The number of oxime groups is 1. The molecule has 4 N–H and O–H groups in total. The average Bonchev–Trinajstić information content (AvgIpc) is 2.34. The zero-order chi connectivity index (χ0) is 12.8. The van der Waals surface area contributed by atoms with Crippen molar-refractivity contribution in [2.75, 3.05) is 24.6 Å².